The number of nitrogens with one attached hydrogen (secondary N) is 2. The van der Waals surface area contributed by atoms with Gasteiger partial charge in [0, 0.05) is 5.69 Å². The first-order valence-electron chi connectivity index (χ1n) is 8.24. The summed E-state index contributed by atoms with van der Waals surface area (Å²) in [6, 6.07) is 13.8. The number of amides is 4. The van der Waals surface area contributed by atoms with E-state index in [1.54, 1.807) is 0 Å². The van der Waals surface area contributed by atoms with Gasteiger partial charge in [0.15, 0.2) is 0 Å². The topological polar surface area (TPSA) is 78.5 Å². The van der Waals surface area contributed by atoms with E-state index in [4.69, 9.17) is 0 Å². The Bertz CT molecular complexity index is 826. The number of hydrogen-bond acceptors (Lipinski definition) is 3. The smallest absolute Gasteiger partial charge is 0.325 e. The second kappa shape index (κ2) is 7.77. The van der Waals surface area contributed by atoms with Crippen LogP contribution in [0.5, 0.6) is 0 Å². The summed E-state index contributed by atoms with van der Waals surface area (Å²) in [6.45, 7) is -0.414. The van der Waals surface area contributed by atoms with Gasteiger partial charge in [-0.1, -0.05) is 36.4 Å². The molecule has 4 amide bonds. The van der Waals surface area contributed by atoms with Crippen molar-refractivity contribution in [3.8, 4) is 0 Å². The molecule has 7 heteroatoms. The largest absolute Gasteiger partial charge is 0.326 e. The zero-order valence-corrected chi connectivity index (χ0v) is 13.9. The third-order valence-corrected chi connectivity index (χ3v) is 4.08. The normalized spacial score (nSPS) is 16.5. The van der Waals surface area contributed by atoms with Gasteiger partial charge in [0.1, 0.15) is 18.4 Å². The Labute approximate surface area is 150 Å². The van der Waals surface area contributed by atoms with Crippen LogP contribution in [0.25, 0.3) is 0 Å². The molecule has 1 saturated heterocycles. The maximum Gasteiger partial charge on any atom is 0.325 e. The highest BCUT2D eigenvalue weighted by molar-refractivity contribution is 6.07. The Balaban J connectivity index is 1.55. The zero-order valence-electron chi connectivity index (χ0n) is 13.9. The summed E-state index contributed by atoms with van der Waals surface area (Å²) >= 11 is 0. The van der Waals surface area contributed by atoms with Gasteiger partial charge in [-0.25, -0.2) is 9.18 Å². The number of rotatable bonds is 6. The third-order valence-electron chi connectivity index (χ3n) is 4.08. The Morgan fingerprint density at radius 3 is 2.62 bits per heavy atom. The lowest BCUT2D eigenvalue weighted by Crippen LogP contribution is -2.38. The van der Waals surface area contributed by atoms with E-state index < -0.39 is 36.2 Å². The first-order valence-corrected chi connectivity index (χ1v) is 8.24. The SMILES string of the molecule is O=C(CN1C(=O)N[C@H](CCc2ccccc2)C1=O)Nc1cccc(F)c1. The van der Waals surface area contributed by atoms with Crippen LogP contribution in [0.15, 0.2) is 54.6 Å². The molecule has 1 aliphatic heterocycles. The van der Waals surface area contributed by atoms with Crippen LogP contribution in [0.4, 0.5) is 14.9 Å². The van der Waals surface area contributed by atoms with E-state index in [1.807, 2.05) is 30.3 Å². The maximum atomic E-state index is 13.1. The van der Waals surface area contributed by atoms with Crippen LogP contribution in [-0.2, 0) is 16.0 Å². The van der Waals surface area contributed by atoms with Crippen LogP contribution in [-0.4, -0.2) is 35.3 Å². The van der Waals surface area contributed by atoms with Crippen LogP contribution in [0.3, 0.4) is 0 Å². The van der Waals surface area contributed by atoms with Gasteiger partial charge in [-0.15, -0.1) is 0 Å². The fraction of sp³-hybridized carbons (Fsp3) is 0.211. The summed E-state index contributed by atoms with van der Waals surface area (Å²) in [7, 11) is 0. The van der Waals surface area contributed by atoms with Crippen molar-refractivity contribution in [1.29, 1.82) is 0 Å². The number of urea groups is 1. The number of anilines is 1. The van der Waals surface area contributed by atoms with Gasteiger partial charge in [0.25, 0.3) is 5.91 Å². The standard InChI is InChI=1S/C19H18FN3O3/c20-14-7-4-8-15(11-14)21-17(24)12-23-18(25)16(22-19(23)26)10-9-13-5-2-1-3-6-13/h1-8,11,16H,9-10,12H2,(H,21,24)(H,22,26)/t16-/m1/s1. The van der Waals surface area contributed by atoms with Gasteiger partial charge >= 0.3 is 6.03 Å². The molecule has 1 atom stereocenters. The molecule has 1 aliphatic rings. The Kier molecular flexibility index (Phi) is 5.26. The minimum Gasteiger partial charge on any atom is -0.326 e. The van der Waals surface area contributed by atoms with E-state index in [2.05, 4.69) is 10.6 Å². The van der Waals surface area contributed by atoms with Crippen molar-refractivity contribution >= 4 is 23.5 Å². The van der Waals surface area contributed by atoms with Gasteiger partial charge in [-0.2, -0.15) is 0 Å². The number of carbonyl (C=O) groups is 3. The molecule has 26 heavy (non-hydrogen) atoms. The second-order valence-corrected chi connectivity index (χ2v) is 6.01. The van der Waals surface area contributed by atoms with E-state index >= 15 is 0 Å². The average Bonchev–Trinajstić information content (AvgIpc) is 2.88. The summed E-state index contributed by atoms with van der Waals surface area (Å²) in [4.78, 5) is 37.3. The average molecular weight is 355 g/mol. The molecule has 2 N–H and O–H groups in total. The van der Waals surface area contributed by atoms with E-state index in [-0.39, 0.29) is 5.69 Å². The summed E-state index contributed by atoms with van der Waals surface area (Å²) in [6.07, 6.45) is 1.09. The zero-order chi connectivity index (χ0) is 18.5. The first kappa shape index (κ1) is 17.6. The second-order valence-electron chi connectivity index (χ2n) is 6.01. The number of halogens is 1. The van der Waals surface area contributed by atoms with Crippen molar-refractivity contribution < 1.29 is 18.8 Å². The molecule has 0 spiro atoms. The Morgan fingerprint density at radius 2 is 1.88 bits per heavy atom. The van der Waals surface area contributed by atoms with Crippen LogP contribution in [0.1, 0.15) is 12.0 Å². The lowest BCUT2D eigenvalue weighted by Gasteiger charge is -2.13. The van der Waals surface area contributed by atoms with Crippen LogP contribution >= 0.6 is 0 Å². The fourth-order valence-electron chi connectivity index (χ4n) is 2.79. The number of carbonyl (C=O) groups excluding carboxylic acids is 3. The highest BCUT2D eigenvalue weighted by Gasteiger charge is 2.38. The van der Waals surface area contributed by atoms with Crippen LogP contribution in [0, 0.1) is 5.82 Å². The van der Waals surface area contributed by atoms with Crippen LogP contribution < -0.4 is 10.6 Å². The number of imide groups is 1. The molecule has 2 aromatic rings. The number of hydrogen-bond donors (Lipinski definition) is 2. The van der Waals surface area contributed by atoms with Crippen molar-refractivity contribution in [2.45, 2.75) is 18.9 Å². The molecule has 0 unspecified atom stereocenters. The lowest BCUT2D eigenvalue weighted by atomic mass is 10.1. The van der Waals surface area contributed by atoms with E-state index in [0.29, 0.717) is 12.8 Å². The van der Waals surface area contributed by atoms with Gasteiger partial charge in [-0.3, -0.25) is 14.5 Å². The minimum atomic E-state index is -0.648. The molecule has 0 radical (unpaired) electrons. The first-order chi connectivity index (χ1) is 12.5. The number of nitrogens with zero attached hydrogens (tertiary/aromatic N) is 1. The molecule has 1 heterocycles. The molecule has 1 fully saturated rings. The highest BCUT2D eigenvalue weighted by atomic mass is 19.1. The molecule has 0 bridgehead atoms. The summed E-state index contributed by atoms with van der Waals surface area (Å²) in [5.41, 5.74) is 1.33. The predicted octanol–water partition coefficient (Wildman–Crippen LogP) is 2.32. The van der Waals surface area contributed by atoms with Gasteiger partial charge in [-0.05, 0) is 36.6 Å². The molecule has 3 rings (SSSR count). The quantitative estimate of drug-likeness (QED) is 0.781. The number of aryl methyl sites for hydroxylation is 1. The van der Waals surface area contributed by atoms with Gasteiger partial charge in [0.05, 0.1) is 0 Å². The number of benzene rings is 2. The van der Waals surface area contributed by atoms with Gasteiger partial charge in [0.2, 0.25) is 5.91 Å². The molecule has 134 valence electrons. The van der Waals surface area contributed by atoms with Crippen molar-refractivity contribution in [2.24, 2.45) is 0 Å². The monoisotopic (exact) mass is 355 g/mol. The van der Waals surface area contributed by atoms with Gasteiger partial charge < -0.3 is 10.6 Å². The van der Waals surface area contributed by atoms with Crippen molar-refractivity contribution in [2.75, 3.05) is 11.9 Å². The van der Waals surface area contributed by atoms with Crippen LogP contribution in [0.2, 0.25) is 0 Å². The van der Waals surface area contributed by atoms with Crippen molar-refractivity contribution in [1.82, 2.24) is 10.2 Å². The van der Waals surface area contributed by atoms with E-state index in [9.17, 15) is 18.8 Å². The third kappa shape index (κ3) is 4.24. The summed E-state index contributed by atoms with van der Waals surface area (Å²) in [5, 5.41) is 5.07. The van der Waals surface area contributed by atoms with Crippen molar-refractivity contribution in [3.05, 3.63) is 66.0 Å². The predicted molar refractivity (Wildman–Crippen MR) is 93.8 cm³/mol. The molecular weight excluding hydrogens is 337 g/mol. The lowest BCUT2D eigenvalue weighted by molar-refractivity contribution is -0.130. The van der Waals surface area contributed by atoms with E-state index in [0.717, 1.165) is 16.5 Å². The highest BCUT2D eigenvalue weighted by Crippen LogP contribution is 2.14. The molecule has 0 aliphatic carbocycles. The molecule has 0 aromatic heterocycles. The summed E-state index contributed by atoms with van der Waals surface area (Å²) < 4.78 is 13.1. The molecular formula is C19H18FN3O3. The fourth-order valence-corrected chi connectivity index (χ4v) is 2.79. The van der Waals surface area contributed by atoms with Crippen molar-refractivity contribution in [3.63, 3.8) is 0 Å². The molecule has 2 aromatic carbocycles. The van der Waals surface area contributed by atoms with E-state index in [1.165, 1.54) is 18.2 Å². The molecule has 0 saturated carbocycles. The minimum absolute atomic E-state index is 0.266. The Hall–Kier alpha value is -3.22. The Morgan fingerprint density at radius 1 is 1.12 bits per heavy atom. The maximum absolute atomic E-state index is 13.1. The molecule has 6 nitrogen and oxygen atoms in total. The summed E-state index contributed by atoms with van der Waals surface area (Å²) in [5.74, 6) is -1.48.